The van der Waals surface area contributed by atoms with E-state index in [0.29, 0.717) is 19.1 Å². The Morgan fingerprint density at radius 3 is 2.64 bits per heavy atom. The summed E-state index contributed by atoms with van der Waals surface area (Å²) in [5, 5.41) is 11.7. The highest BCUT2D eigenvalue weighted by atomic mass is 16.3. The highest BCUT2D eigenvalue weighted by Gasteiger charge is 2.29. The van der Waals surface area contributed by atoms with Crippen molar-refractivity contribution in [3.63, 3.8) is 0 Å². The second kappa shape index (κ2) is 5.32. The van der Waals surface area contributed by atoms with Gasteiger partial charge in [0.2, 0.25) is 5.91 Å². The van der Waals surface area contributed by atoms with E-state index in [4.69, 9.17) is 5.11 Å². The molecule has 0 unspecified atom stereocenters. The van der Waals surface area contributed by atoms with Gasteiger partial charge in [0.05, 0.1) is 13.2 Å². The molecule has 0 aliphatic heterocycles. The van der Waals surface area contributed by atoms with Gasteiger partial charge in [-0.3, -0.25) is 9.69 Å². The lowest BCUT2D eigenvalue weighted by molar-refractivity contribution is -0.123. The summed E-state index contributed by atoms with van der Waals surface area (Å²) in [4.78, 5) is 13.5. The molecule has 0 aromatic heterocycles. The van der Waals surface area contributed by atoms with Gasteiger partial charge in [0.1, 0.15) is 0 Å². The Morgan fingerprint density at radius 1 is 1.57 bits per heavy atom. The Hall–Kier alpha value is -0.610. The van der Waals surface area contributed by atoms with Gasteiger partial charge in [-0.2, -0.15) is 0 Å². The number of hydrogen-bond acceptors (Lipinski definition) is 3. The molecule has 1 aliphatic carbocycles. The molecule has 0 atom stereocenters. The average Bonchev–Trinajstić information content (AvgIpc) is 2.83. The van der Waals surface area contributed by atoms with Crippen LogP contribution in [-0.4, -0.2) is 47.7 Å². The SMILES string of the molecule is CC(C)NC(=O)CN(CCO)C1CC1. The van der Waals surface area contributed by atoms with E-state index < -0.39 is 0 Å². The lowest BCUT2D eigenvalue weighted by atomic mass is 10.3. The van der Waals surface area contributed by atoms with E-state index in [1.165, 1.54) is 0 Å². The van der Waals surface area contributed by atoms with Crippen molar-refractivity contribution in [2.24, 2.45) is 0 Å². The van der Waals surface area contributed by atoms with Crippen LogP contribution in [0, 0.1) is 0 Å². The molecule has 14 heavy (non-hydrogen) atoms. The van der Waals surface area contributed by atoms with Crippen LogP contribution < -0.4 is 5.32 Å². The fourth-order valence-electron chi connectivity index (χ4n) is 1.51. The second-order valence-electron chi connectivity index (χ2n) is 4.15. The minimum Gasteiger partial charge on any atom is -0.395 e. The van der Waals surface area contributed by atoms with Gasteiger partial charge in [-0.05, 0) is 26.7 Å². The number of carbonyl (C=O) groups is 1. The molecule has 1 amide bonds. The zero-order chi connectivity index (χ0) is 10.6. The van der Waals surface area contributed by atoms with Gasteiger partial charge < -0.3 is 10.4 Å². The molecule has 1 aliphatic rings. The summed E-state index contributed by atoms with van der Waals surface area (Å²) in [5.41, 5.74) is 0. The summed E-state index contributed by atoms with van der Waals surface area (Å²) in [5.74, 6) is 0.0559. The summed E-state index contributed by atoms with van der Waals surface area (Å²) >= 11 is 0. The standard InChI is InChI=1S/C10H20N2O2/c1-8(2)11-10(14)7-12(5-6-13)9-3-4-9/h8-9,13H,3-7H2,1-2H3,(H,11,14). The predicted octanol–water partition coefficient (Wildman–Crippen LogP) is -0.0323. The van der Waals surface area contributed by atoms with Crippen LogP contribution in [0.4, 0.5) is 0 Å². The van der Waals surface area contributed by atoms with Gasteiger partial charge in [-0.1, -0.05) is 0 Å². The molecule has 0 radical (unpaired) electrons. The van der Waals surface area contributed by atoms with E-state index in [2.05, 4.69) is 10.2 Å². The molecule has 4 heteroatoms. The minimum atomic E-state index is 0.0559. The van der Waals surface area contributed by atoms with Gasteiger partial charge in [0.25, 0.3) is 0 Å². The number of aliphatic hydroxyl groups excluding tert-OH is 1. The zero-order valence-corrected chi connectivity index (χ0v) is 8.99. The molecule has 0 aromatic rings. The third-order valence-electron chi connectivity index (χ3n) is 2.25. The molecule has 1 saturated carbocycles. The van der Waals surface area contributed by atoms with Gasteiger partial charge >= 0.3 is 0 Å². The van der Waals surface area contributed by atoms with Gasteiger partial charge in [0, 0.05) is 18.6 Å². The maximum absolute atomic E-state index is 11.4. The summed E-state index contributed by atoms with van der Waals surface area (Å²) in [6.07, 6.45) is 2.32. The van der Waals surface area contributed by atoms with Crippen LogP contribution in [0.15, 0.2) is 0 Å². The molecule has 0 spiro atoms. The van der Waals surface area contributed by atoms with Gasteiger partial charge in [-0.15, -0.1) is 0 Å². The first kappa shape index (κ1) is 11.5. The molecule has 0 aromatic carbocycles. The molecular weight excluding hydrogens is 180 g/mol. The topological polar surface area (TPSA) is 52.6 Å². The molecule has 0 saturated heterocycles. The van der Waals surface area contributed by atoms with Crippen LogP contribution in [0.2, 0.25) is 0 Å². The largest absolute Gasteiger partial charge is 0.395 e. The van der Waals surface area contributed by atoms with Gasteiger partial charge in [0.15, 0.2) is 0 Å². The van der Waals surface area contributed by atoms with Crippen LogP contribution in [0.1, 0.15) is 26.7 Å². The number of hydrogen-bond donors (Lipinski definition) is 2. The quantitative estimate of drug-likeness (QED) is 0.633. The Balaban J connectivity index is 2.27. The summed E-state index contributed by atoms with van der Waals surface area (Å²) in [7, 11) is 0. The van der Waals surface area contributed by atoms with Crippen molar-refractivity contribution in [2.75, 3.05) is 19.7 Å². The number of aliphatic hydroxyl groups is 1. The maximum atomic E-state index is 11.4. The highest BCUT2D eigenvalue weighted by molar-refractivity contribution is 5.78. The minimum absolute atomic E-state index is 0.0559. The van der Waals surface area contributed by atoms with E-state index >= 15 is 0 Å². The van der Waals surface area contributed by atoms with Crippen molar-refractivity contribution < 1.29 is 9.90 Å². The van der Waals surface area contributed by atoms with E-state index in [-0.39, 0.29) is 18.6 Å². The summed E-state index contributed by atoms with van der Waals surface area (Å²) in [6.45, 7) is 5.06. The molecule has 0 heterocycles. The van der Waals surface area contributed by atoms with Crippen LogP contribution in [-0.2, 0) is 4.79 Å². The van der Waals surface area contributed by atoms with Crippen molar-refractivity contribution in [3.8, 4) is 0 Å². The first-order chi connectivity index (χ1) is 6.63. The lowest BCUT2D eigenvalue weighted by Crippen LogP contribution is -2.42. The molecule has 82 valence electrons. The first-order valence-corrected chi connectivity index (χ1v) is 5.27. The number of carbonyl (C=O) groups excluding carboxylic acids is 1. The van der Waals surface area contributed by atoms with E-state index in [1.54, 1.807) is 0 Å². The summed E-state index contributed by atoms with van der Waals surface area (Å²) in [6, 6.07) is 0.720. The Morgan fingerprint density at radius 2 is 2.21 bits per heavy atom. The van der Waals surface area contributed by atoms with Crippen molar-refractivity contribution in [2.45, 2.75) is 38.8 Å². The van der Waals surface area contributed by atoms with Crippen LogP contribution in [0.5, 0.6) is 0 Å². The van der Waals surface area contributed by atoms with Crippen molar-refractivity contribution in [3.05, 3.63) is 0 Å². The molecule has 2 N–H and O–H groups in total. The number of nitrogens with one attached hydrogen (secondary N) is 1. The van der Waals surface area contributed by atoms with Crippen molar-refractivity contribution in [1.82, 2.24) is 10.2 Å². The predicted molar refractivity (Wildman–Crippen MR) is 55.0 cm³/mol. The number of nitrogens with zero attached hydrogens (tertiary/aromatic N) is 1. The smallest absolute Gasteiger partial charge is 0.234 e. The highest BCUT2D eigenvalue weighted by Crippen LogP contribution is 2.25. The molecule has 4 nitrogen and oxygen atoms in total. The van der Waals surface area contributed by atoms with Crippen molar-refractivity contribution in [1.29, 1.82) is 0 Å². The monoisotopic (exact) mass is 200 g/mol. The fourth-order valence-corrected chi connectivity index (χ4v) is 1.51. The van der Waals surface area contributed by atoms with Crippen LogP contribution in [0.3, 0.4) is 0 Å². The molecule has 1 rings (SSSR count). The first-order valence-electron chi connectivity index (χ1n) is 5.27. The number of rotatable bonds is 6. The molecular formula is C10H20N2O2. The van der Waals surface area contributed by atoms with Crippen LogP contribution in [0.25, 0.3) is 0 Å². The number of amides is 1. The Labute approximate surface area is 85.3 Å². The lowest BCUT2D eigenvalue weighted by Gasteiger charge is -2.20. The average molecular weight is 200 g/mol. The molecule has 0 bridgehead atoms. The van der Waals surface area contributed by atoms with E-state index in [0.717, 1.165) is 12.8 Å². The zero-order valence-electron chi connectivity index (χ0n) is 8.99. The maximum Gasteiger partial charge on any atom is 0.234 e. The second-order valence-corrected chi connectivity index (χ2v) is 4.15. The van der Waals surface area contributed by atoms with Gasteiger partial charge in [-0.25, -0.2) is 0 Å². The van der Waals surface area contributed by atoms with Crippen molar-refractivity contribution >= 4 is 5.91 Å². The summed E-state index contributed by atoms with van der Waals surface area (Å²) < 4.78 is 0. The van der Waals surface area contributed by atoms with E-state index in [1.807, 2.05) is 13.8 Å². The fraction of sp³-hybridized carbons (Fsp3) is 0.900. The third kappa shape index (κ3) is 4.07. The normalized spacial score (nSPS) is 16.4. The Kier molecular flexibility index (Phi) is 4.35. The van der Waals surface area contributed by atoms with Crippen LogP contribution >= 0.6 is 0 Å². The Bertz CT molecular complexity index is 191. The third-order valence-corrected chi connectivity index (χ3v) is 2.25. The van der Waals surface area contributed by atoms with E-state index in [9.17, 15) is 4.79 Å². The molecule has 1 fully saturated rings.